The van der Waals surface area contributed by atoms with E-state index < -0.39 is 30.0 Å². The molecule has 0 saturated heterocycles. The van der Waals surface area contributed by atoms with E-state index in [0.29, 0.717) is 33.0 Å². The van der Waals surface area contributed by atoms with E-state index in [9.17, 15) is 29.0 Å². The van der Waals surface area contributed by atoms with Gasteiger partial charge >= 0.3 is 0 Å². The number of halogens is 2. The van der Waals surface area contributed by atoms with E-state index in [0.717, 1.165) is 25.7 Å². The van der Waals surface area contributed by atoms with E-state index in [-0.39, 0.29) is 49.4 Å². The molecular weight excluding hydrogens is 658 g/mol. The zero-order chi connectivity index (χ0) is 30.2. The largest absolute Gasteiger partial charge is 0.493 e. The summed E-state index contributed by atoms with van der Waals surface area (Å²) in [4.78, 5) is 39.9. The van der Waals surface area contributed by atoms with Crippen LogP contribution in [0.15, 0.2) is 48.0 Å². The molecule has 9 nitrogen and oxygen atoms in total. The van der Waals surface area contributed by atoms with Crippen LogP contribution in [-0.4, -0.2) is 71.7 Å². The molecule has 4 rings (SSSR count). The molecule has 0 aliphatic heterocycles. The van der Waals surface area contributed by atoms with Gasteiger partial charge in [-0.3, -0.25) is 14.4 Å². The number of hydrogen-bond donors (Lipinski definition) is 3. The number of aldehydes is 1. The number of carbonyl (C=O) groups is 3. The number of benzene rings is 2. The lowest BCUT2D eigenvalue weighted by Crippen LogP contribution is -2.55. The van der Waals surface area contributed by atoms with Crippen molar-refractivity contribution in [2.24, 2.45) is 5.92 Å². The van der Waals surface area contributed by atoms with Crippen molar-refractivity contribution in [1.29, 1.82) is 0 Å². The molecule has 0 heterocycles. The van der Waals surface area contributed by atoms with Crippen LogP contribution in [-0.2, 0) is 16.1 Å². The molecule has 1 saturated carbocycles. The third-order valence-electron chi connectivity index (χ3n) is 7.78. The summed E-state index contributed by atoms with van der Waals surface area (Å²) in [6, 6.07) is 8.13. The van der Waals surface area contributed by atoms with E-state index in [2.05, 4.69) is 5.32 Å². The second kappa shape index (κ2) is 14.9. The van der Waals surface area contributed by atoms with Crippen molar-refractivity contribution in [3.63, 3.8) is 0 Å². The van der Waals surface area contributed by atoms with Gasteiger partial charge in [-0.05, 0) is 77.3 Å². The van der Waals surface area contributed by atoms with Crippen LogP contribution in [0.25, 0.3) is 0 Å². The van der Waals surface area contributed by atoms with Crippen molar-refractivity contribution >= 4 is 40.7 Å². The summed E-state index contributed by atoms with van der Waals surface area (Å²) in [5.41, 5.74) is 1.36. The minimum absolute atomic E-state index is 0.0354. The summed E-state index contributed by atoms with van der Waals surface area (Å²) >= 11 is 2.00. The van der Waals surface area contributed by atoms with Gasteiger partial charge < -0.3 is 29.9 Å². The number of aliphatic hydroxyl groups excluding tert-OH is 2. The van der Waals surface area contributed by atoms with Gasteiger partial charge in [0.05, 0.1) is 23.3 Å². The van der Waals surface area contributed by atoms with E-state index in [1.54, 1.807) is 23.1 Å². The van der Waals surface area contributed by atoms with E-state index >= 15 is 0 Å². The number of carbonyl (C=O) groups excluding carboxylic acids is 3. The van der Waals surface area contributed by atoms with Gasteiger partial charge in [0.15, 0.2) is 11.5 Å². The summed E-state index contributed by atoms with van der Waals surface area (Å²) in [5, 5.41) is 23.6. The minimum atomic E-state index is -1.24. The molecule has 0 unspecified atom stereocenters. The van der Waals surface area contributed by atoms with Crippen LogP contribution in [0.5, 0.6) is 11.5 Å². The Balaban J connectivity index is 1.71. The van der Waals surface area contributed by atoms with Crippen molar-refractivity contribution in [3.05, 3.63) is 68.6 Å². The number of nitrogens with zero attached hydrogens (tertiary/aromatic N) is 1. The highest BCUT2D eigenvalue weighted by Gasteiger charge is 2.41. The number of nitrogens with one attached hydrogen (secondary N) is 1. The fourth-order valence-corrected chi connectivity index (χ4v) is 6.35. The first-order chi connectivity index (χ1) is 20.2. The quantitative estimate of drug-likeness (QED) is 0.228. The maximum absolute atomic E-state index is 13.8. The number of aliphatic hydroxyl groups is 2. The smallest absolute Gasteiger partial charge is 0.247 e. The molecule has 2 amide bonds. The van der Waals surface area contributed by atoms with Crippen molar-refractivity contribution < 1.29 is 38.5 Å². The lowest BCUT2D eigenvalue weighted by Gasteiger charge is -2.41. The Morgan fingerprint density at radius 2 is 1.90 bits per heavy atom. The van der Waals surface area contributed by atoms with Crippen LogP contribution in [0.3, 0.4) is 0 Å². The highest BCUT2D eigenvalue weighted by Crippen LogP contribution is 2.37. The first-order valence-corrected chi connectivity index (χ1v) is 15.1. The van der Waals surface area contributed by atoms with E-state index in [4.69, 9.17) is 9.47 Å². The molecule has 0 bridgehead atoms. The number of ether oxygens (including phenoxy) is 2. The lowest BCUT2D eigenvalue weighted by atomic mass is 9.87. The second-order valence-electron chi connectivity index (χ2n) is 10.7. The average molecular weight is 695 g/mol. The Labute approximate surface area is 258 Å². The minimum Gasteiger partial charge on any atom is -0.493 e. The molecule has 3 atom stereocenters. The normalized spacial score (nSPS) is 20.5. The molecule has 2 aliphatic carbocycles. The molecule has 11 heteroatoms. The standard InChI is InChI=1S/C31H36FIN2O7/c1-41-27-13-21(18-37)12-24(33)30(27)42-26-16-22(31(40)34-10-11-36)15-25(29(26)39)35(17-20-6-8-23(32)9-7-20)28(38)14-19-4-2-3-5-19/h6-9,12-13,16,18-19,25-26,29,36,39H,2-5,10-11,14-15,17H2,1H3,(H,34,40)/t25-,26+,29+/m1/s1. The van der Waals surface area contributed by atoms with Gasteiger partial charge in [-0.15, -0.1) is 0 Å². The SMILES string of the molecule is COc1cc(C=O)cc(I)c1O[C@H]1C=C(C(=O)NCCO)C[C@@H](N(Cc2ccc(F)cc2)C(=O)CC2CCCC2)[C@@H]1O. The van der Waals surface area contributed by atoms with Crippen LogP contribution < -0.4 is 14.8 Å². The third kappa shape index (κ3) is 7.87. The highest BCUT2D eigenvalue weighted by molar-refractivity contribution is 14.1. The van der Waals surface area contributed by atoms with Crippen LogP contribution in [0.4, 0.5) is 4.39 Å². The highest BCUT2D eigenvalue weighted by atomic mass is 127. The summed E-state index contributed by atoms with van der Waals surface area (Å²) in [7, 11) is 1.43. The predicted octanol–water partition coefficient (Wildman–Crippen LogP) is 3.78. The van der Waals surface area contributed by atoms with Crippen LogP contribution in [0.2, 0.25) is 0 Å². The Morgan fingerprint density at radius 3 is 2.55 bits per heavy atom. The number of hydrogen-bond acceptors (Lipinski definition) is 7. The molecular formula is C31H36FIN2O7. The summed E-state index contributed by atoms with van der Waals surface area (Å²) in [5.74, 6) is -0.207. The third-order valence-corrected chi connectivity index (χ3v) is 8.58. The van der Waals surface area contributed by atoms with Gasteiger partial charge in [-0.1, -0.05) is 25.0 Å². The maximum atomic E-state index is 13.8. The maximum Gasteiger partial charge on any atom is 0.247 e. The van der Waals surface area contributed by atoms with Gasteiger partial charge in [0, 0.05) is 37.1 Å². The molecule has 2 aliphatic rings. The number of rotatable bonds is 12. The first kappa shape index (κ1) is 31.9. The van der Waals surface area contributed by atoms with Crippen molar-refractivity contribution in [1.82, 2.24) is 10.2 Å². The van der Waals surface area contributed by atoms with Gasteiger partial charge in [0.1, 0.15) is 24.3 Å². The molecule has 226 valence electrons. The molecule has 0 spiro atoms. The zero-order valence-corrected chi connectivity index (χ0v) is 25.6. The van der Waals surface area contributed by atoms with E-state index in [1.165, 1.54) is 31.4 Å². The van der Waals surface area contributed by atoms with Gasteiger partial charge in [-0.25, -0.2) is 4.39 Å². The van der Waals surface area contributed by atoms with Crippen molar-refractivity contribution in [2.75, 3.05) is 20.3 Å². The Bertz CT molecular complexity index is 1300. The monoisotopic (exact) mass is 694 g/mol. The zero-order valence-electron chi connectivity index (χ0n) is 23.4. The molecule has 42 heavy (non-hydrogen) atoms. The molecule has 3 N–H and O–H groups in total. The topological polar surface area (TPSA) is 125 Å². The fraction of sp³-hybridized carbons (Fsp3) is 0.452. The molecule has 0 aromatic heterocycles. The van der Waals surface area contributed by atoms with Gasteiger partial charge in [0.2, 0.25) is 11.8 Å². The molecule has 1 fully saturated rings. The molecule has 2 aromatic rings. The number of methoxy groups -OCH3 is 1. The second-order valence-corrected chi connectivity index (χ2v) is 11.8. The fourth-order valence-electron chi connectivity index (χ4n) is 5.59. The van der Waals surface area contributed by atoms with Gasteiger partial charge in [-0.2, -0.15) is 0 Å². The Hall–Kier alpha value is -3.03. The summed E-state index contributed by atoms with van der Waals surface area (Å²) in [6.07, 6.45) is 4.33. The Kier molecular flexibility index (Phi) is 11.3. The molecule has 0 radical (unpaired) electrons. The van der Waals surface area contributed by atoms with Crippen molar-refractivity contribution in [3.8, 4) is 11.5 Å². The average Bonchev–Trinajstić information content (AvgIpc) is 3.50. The lowest BCUT2D eigenvalue weighted by molar-refractivity contribution is -0.140. The first-order valence-electron chi connectivity index (χ1n) is 14.0. The molecule has 2 aromatic carbocycles. The van der Waals surface area contributed by atoms with Crippen molar-refractivity contribution in [2.45, 2.75) is 63.3 Å². The summed E-state index contributed by atoms with van der Waals surface area (Å²) in [6.45, 7) is -0.103. The van der Waals surface area contributed by atoms with Crippen LogP contribution in [0.1, 0.15) is 54.4 Å². The number of amides is 2. The van der Waals surface area contributed by atoms with Crippen LogP contribution in [0, 0.1) is 15.3 Å². The summed E-state index contributed by atoms with van der Waals surface area (Å²) < 4.78 is 26.0. The predicted molar refractivity (Wildman–Crippen MR) is 162 cm³/mol. The van der Waals surface area contributed by atoms with E-state index in [1.807, 2.05) is 22.6 Å². The van der Waals surface area contributed by atoms with Crippen LogP contribution >= 0.6 is 22.6 Å². The van der Waals surface area contributed by atoms with Gasteiger partial charge in [0.25, 0.3) is 0 Å². The Morgan fingerprint density at radius 1 is 1.19 bits per heavy atom.